The van der Waals surface area contributed by atoms with Gasteiger partial charge in [-0.15, -0.1) is 11.3 Å². The fourth-order valence-electron chi connectivity index (χ4n) is 2.49. The molecule has 1 heterocycles. The second kappa shape index (κ2) is 8.67. The molecule has 0 fully saturated rings. The smallest absolute Gasteiger partial charge is 0.412 e. The number of esters is 1. The van der Waals surface area contributed by atoms with E-state index in [-0.39, 0.29) is 6.61 Å². The second-order valence-electron chi connectivity index (χ2n) is 5.65. The first kappa shape index (κ1) is 19.0. The monoisotopic (exact) mass is 361 g/mol. The average Bonchev–Trinajstić information content (AvgIpc) is 2.96. The van der Waals surface area contributed by atoms with Crippen LogP contribution in [0.15, 0.2) is 23.6 Å². The molecule has 2 aromatic rings. The van der Waals surface area contributed by atoms with Gasteiger partial charge < -0.3 is 9.47 Å². The van der Waals surface area contributed by atoms with Gasteiger partial charge in [0.2, 0.25) is 0 Å². The number of carbonyl (C=O) groups is 2. The molecule has 0 radical (unpaired) electrons. The van der Waals surface area contributed by atoms with Gasteiger partial charge in [0, 0.05) is 10.9 Å². The van der Waals surface area contributed by atoms with Gasteiger partial charge in [0.15, 0.2) is 0 Å². The first-order chi connectivity index (χ1) is 12.0. The normalized spacial score (nSPS) is 10.4. The van der Waals surface area contributed by atoms with Crippen LogP contribution in [0.2, 0.25) is 0 Å². The van der Waals surface area contributed by atoms with E-state index >= 15 is 0 Å². The number of hydrogen-bond donors (Lipinski definition) is 1. The lowest BCUT2D eigenvalue weighted by atomic mass is 9.98. The van der Waals surface area contributed by atoms with Gasteiger partial charge in [0.1, 0.15) is 10.6 Å². The van der Waals surface area contributed by atoms with Crippen molar-refractivity contribution in [1.82, 2.24) is 0 Å². The Morgan fingerprint density at radius 3 is 2.52 bits per heavy atom. The molecule has 0 bridgehead atoms. The highest BCUT2D eigenvalue weighted by molar-refractivity contribution is 7.15. The van der Waals surface area contributed by atoms with Crippen LogP contribution in [0.1, 0.15) is 41.8 Å². The number of benzene rings is 1. The molecule has 5 nitrogen and oxygen atoms in total. The van der Waals surface area contributed by atoms with Gasteiger partial charge in [-0.3, -0.25) is 5.32 Å². The van der Waals surface area contributed by atoms with Gasteiger partial charge in [-0.05, 0) is 38.3 Å². The number of amides is 1. The van der Waals surface area contributed by atoms with Crippen molar-refractivity contribution in [3.8, 4) is 11.1 Å². The largest absolute Gasteiger partial charge is 0.462 e. The maximum atomic E-state index is 12.5. The van der Waals surface area contributed by atoms with Gasteiger partial charge >= 0.3 is 12.1 Å². The zero-order valence-electron chi connectivity index (χ0n) is 15.0. The Bertz CT molecular complexity index is 767. The van der Waals surface area contributed by atoms with Crippen LogP contribution in [0.3, 0.4) is 0 Å². The molecule has 1 aromatic carbocycles. The van der Waals surface area contributed by atoms with Gasteiger partial charge in [0.05, 0.1) is 13.2 Å². The highest BCUT2D eigenvalue weighted by Crippen LogP contribution is 2.37. The molecular weight excluding hydrogens is 338 g/mol. The van der Waals surface area contributed by atoms with E-state index in [4.69, 9.17) is 9.47 Å². The molecule has 0 aliphatic heterocycles. The van der Waals surface area contributed by atoms with Crippen molar-refractivity contribution in [2.24, 2.45) is 0 Å². The number of rotatable bonds is 6. The number of aryl methyl sites for hydroxylation is 2. The molecule has 0 saturated heterocycles. The van der Waals surface area contributed by atoms with Crippen LogP contribution >= 0.6 is 11.3 Å². The minimum absolute atomic E-state index is 0.265. The number of thiophene rings is 1. The molecule has 134 valence electrons. The summed E-state index contributed by atoms with van der Waals surface area (Å²) in [5.41, 5.74) is 4.28. The maximum absolute atomic E-state index is 12.5. The SMILES string of the molecule is CCCOC(=O)Nc1scc(-c2ccc(C)cc2C)c1C(=O)OCC. The van der Waals surface area contributed by atoms with Crippen molar-refractivity contribution in [3.05, 3.63) is 40.3 Å². The molecule has 0 spiro atoms. The average molecular weight is 361 g/mol. The first-order valence-corrected chi connectivity index (χ1v) is 9.15. The molecule has 25 heavy (non-hydrogen) atoms. The number of ether oxygens (including phenoxy) is 2. The lowest BCUT2D eigenvalue weighted by Crippen LogP contribution is -2.16. The Morgan fingerprint density at radius 2 is 1.88 bits per heavy atom. The Labute approximate surface area is 152 Å². The van der Waals surface area contributed by atoms with Crippen molar-refractivity contribution in [3.63, 3.8) is 0 Å². The minimum atomic E-state index is -0.568. The zero-order valence-corrected chi connectivity index (χ0v) is 15.8. The highest BCUT2D eigenvalue weighted by atomic mass is 32.1. The van der Waals surface area contributed by atoms with Crippen LogP contribution in [0.5, 0.6) is 0 Å². The molecular formula is C19H23NO4S. The molecule has 6 heteroatoms. The molecule has 0 atom stereocenters. The molecule has 0 aliphatic rings. The first-order valence-electron chi connectivity index (χ1n) is 8.27. The Kier molecular flexibility index (Phi) is 6.58. The third kappa shape index (κ3) is 4.60. The number of anilines is 1. The molecule has 0 unspecified atom stereocenters. The topological polar surface area (TPSA) is 64.6 Å². The summed E-state index contributed by atoms with van der Waals surface area (Å²) in [6.45, 7) is 8.28. The van der Waals surface area contributed by atoms with E-state index < -0.39 is 12.1 Å². The van der Waals surface area contributed by atoms with E-state index in [1.54, 1.807) is 6.92 Å². The number of nitrogens with one attached hydrogen (secondary N) is 1. The molecule has 1 aromatic heterocycles. The highest BCUT2D eigenvalue weighted by Gasteiger charge is 2.23. The van der Waals surface area contributed by atoms with Gasteiger partial charge in [0.25, 0.3) is 0 Å². The van der Waals surface area contributed by atoms with E-state index in [0.29, 0.717) is 17.2 Å². The summed E-state index contributed by atoms with van der Waals surface area (Å²) in [4.78, 5) is 24.4. The van der Waals surface area contributed by atoms with Crippen molar-refractivity contribution >= 4 is 28.4 Å². The predicted molar refractivity (Wildman–Crippen MR) is 100 cm³/mol. The van der Waals surface area contributed by atoms with E-state index in [9.17, 15) is 9.59 Å². The fraction of sp³-hybridized carbons (Fsp3) is 0.368. The van der Waals surface area contributed by atoms with Crippen molar-refractivity contribution in [2.75, 3.05) is 18.5 Å². The van der Waals surface area contributed by atoms with Gasteiger partial charge in [-0.25, -0.2) is 9.59 Å². The summed E-state index contributed by atoms with van der Waals surface area (Å²) in [6.07, 6.45) is 0.164. The molecule has 1 amide bonds. The summed E-state index contributed by atoms with van der Waals surface area (Å²) in [5, 5.41) is 4.96. The molecule has 1 N–H and O–H groups in total. The lowest BCUT2D eigenvalue weighted by molar-refractivity contribution is 0.0529. The second-order valence-corrected chi connectivity index (χ2v) is 6.53. The summed E-state index contributed by atoms with van der Waals surface area (Å²) >= 11 is 1.29. The summed E-state index contributed by atoms with van der Waals surface area (Å²) in [7, 11) is 0. The van der Waals surface area contributed by atoms with Gasteiger partial charge in [-0.2, -0.15) is 0 Å². The van der Waals surface area contributed by atoms with Crippen LogP contribution < -0.4 is 5.32 Å². The molecule has 2 rings (SSSR count). The summed E-state index contributed by atoms with van der Waals surface area (Å²) in [5.74, 6) is -0.454. The van der Waals surface area contributed by atoms with Crippen LogP contribution in [-0.2, 0) is 9.47 Å². The van der Waals surface area contributed by atoms with Crippen LogP contribution in [0.25, 0.3) is 11.1 Å². The standard InChI is InChI=1S/C19H23NO4S/c1-5-9-24-19(22)20-17-16(18(21)23-6-2)15(11-25-17)14-8-7-12(3)10-13(14)4/h7-8,10-11H,5-6,9H2,1-4H3,(H,20,22). The van der Waals surface area contributed by atoms with Crippen LogP contribution in [-0.4, -0.2) is 25.3 Å². The van der Waals surface area contributed by atoms with Crippen molar-refractivity contribution in [1.29, 1.82) is 0 Å². The molecule has 0 saturated carbocycles. The zero-order chi connectivity index (χ0) is 18.4. The third-order valence-electron chi connectivity index (χ3n) is 3.60. The van der Waals surface area contributed by atoms with E-state index in [0.717, 1.165) is 28.7 Å². The summed E-state index contributed by atoms with van der Waals surface area (Å²) < 4.78 is 10.2. The minimum Gasteiger partial charge on any atom is -0.462 e. The summed E-state index contributed by atoms with van der Waals surface area (Å²) in [6, 6.07) is 6.04. The van der Waals surface area contributed by atoms with Crippen molar-refractivity contribution < 1.29 is 19.1 Å². The van der Waals surface area contributed by atoms with Crippen LogP contribution in [0, 0.1) is 13.8 Å². The Hall–Kier alpha value is -2.34. The van der Waals surface area contributed by atoms with Crippen molar-refractivity contribution in [2.45, 2.75) is 34.1 Å². The number of carbonyl (C=O) groups excluding carboxylic acids is 2. The van der Waals surface area contributed by atoms with Crippen LogP contribution in [0.4, 0.5) is 9.80 Å². The number of hydrogen-bond acceptors (Lipinski definition) is 5. The Morgan fingerprint density at radius 1 is 1.12 bits per heavy atom. The fourth-order valence-corrected chi connectivity index (χ4v) is 3.43. The molecule has 0 aliphatic carbocycles. The van der Waals surface area contributed by atoms with E-state index in [1.165, 1.54) is 11.3 Å². The Balaban J connectivity index is 2.43. The van der Waals surface area contributed by atoms with E-state index in [2.05, 4.69) is 11.4 Å². The third-order valence-corrected chi connectivity index (χ3v) is 4.49. The van der Waals surface area contributed by atoms with Gasteiger partial charge in [-0.1, -0.05) is 30.7 Å². The van der Waals surface area contributed by atoms with E-state index in [1.807, 2.05) is 38.3 Å². The maximum Gasteiger partial charge on any atom is 0.412 e. The quantitative estimate of drug-likeness (QED) is 0.721. The lowest BCUT2D eigenvalue weighted by Gasteiger charge is -2.11. The predicted octanol–water partition coefficient (Wildman–Crippen LogP) is 5.17.